The standard InChI is InChI=1S/C10H18ClNO2S/c1-8(11)7-15(13,14)12-9(2)3-4-10-5-6-10/h9-10,12H,1,3-7H2,2H3/t9-/m0/s1. The lowest BCUT2D eigenvalue weighted by molar-refractivity contribution is 0.525. The van der Waals surface area contributed by atoms with Gasteiger partial charge in [-0.15, -0.1) is 0 Å². The lowest BCUT2D eigenvalue weighted by Gasteiger charge is -2.13. The van der Waals surface area contributed by atoms with Crippen LogP contribution in [0, 0.1) is 5.92 Å². The lowest BCUT2D eigenvalue weighted by atomic mass is 10.1. The molecule has 0 aliphatic heterocycles. The van der Waals surface area contributed by atoms with Crippen LogP contribution >= 0.6 is 11.6 Å². The van der Waals surface area contributed by atoms with Crippen molar-refractivity contribution in [3.8, 4) is 0 Å². The third-order valence-electron chi connectivity index (χ3n) is 2.43. The number of halogens is 1. The Hall–Kier alpha value is -0.0600. The van der Waals surface area contributed by atoms with E-state index in [0.717, 1.165) is 18.8 Å². The predicted octanol–water partition coefficient (Wildman–Crippen LogP) is 2.24. The molecule has 0 amide bonds. The smallest absolute Gasteiger partial charge is 0.212 e. The number of rotatable bonds is 7. The molecule has 0 saturated heterocycles. The van der Waals surface area contributed by atoms with E-state index in [4.69, 9.17) is 11.6 Å². The molecule has 1 atom stereocenters. The molecule has 1 fully saturated rings. The van der Waals surface area contributed by atoms with Gasteiger partial charge in [0.15, 0.2) is 0 Å². The van der Waals surface area contributed by atoms with Gasteiger partial charge in [-0.3, -0.25) is 0 Å². The van der Waals surface area contributed by atoms with E-state index >= 15 is 0 Å². The third kappa shape index (κ3) is 6.17. The number of hydrogen-bond acceptors (Lipinski definition) is 2. The van der Waals surface area contributed by atoms with Crippen LogP contribution in [0.2, 0.25) is 0 Å². The summed E-state index contributed by atoms with van der Waals surface area (Å²) in [5.41, 5.74) is 0. The molecule has 0 aromatic carbocycles. The molecule has 0 heterocycles. The predicted molar refractivity (Wildman–Crippen MR) is 63.3 cm³/mol. The van der Waals surface area contributed by atoms with E-state index in [-0.39, 0.29) is 16.8 Å². The van der Waals surface area contributed by atoms with Gasteiger partial charge in [0.25, 0.3) is 0 Å². The Labute approximate surface area is 96.9 Å². The molecule has 0 aromatic rings. The Balaban J connectivity index is 2.27. The van der Waals surface area contributed by atoms with Crippen LogP contribution in [-0.2, 0) is 10.0 Å². The van der Waals surface area contributed by atoms with Crippen LogP contribution in [0.3, 0.4) is 0 Å². The van der Waals surface area contributed by atoms with Gasteiger partial charge in [0.1, 0.15) is 0 Å². The minimum atomic E-state index is -3.29. The molecule has 0 bridgehead atoms. The monoisotopic (exact) mass is 251 g/mol. The first kappa shape index (κ1) is 13.0. The van der Waals surface area contributed by atoms with Crippen LogP contribution < -0.4 is 4.72 Å². The lowest BCUT2D eigenvalue weighted by Crippen LogP contribution is -2.34. The van der Waals surface area contributed by atoms with Crippen molar-refractivity contribution in [2.24, 2.45) is 5.92 Å². The minimum absolute atomic E-state index is 0.00776. The molecule has 1 aliphatic rings. The molecule has 1 saturated carbocycles. The second-order valence-electron chi connectivity index (χ2n) is 4.32. The van der Waals surface area contributed by atoms with E-state index in [0.29, 0.717) is 0 Å². The van der Waals surface area contributed by atoms with E-state index in [1.807, 2.05) is 6.92 Å². The average molecular weight is 252 g/mol. The van der Waals surface area contributed by atoms with Crippen LogP contribution in [0.5, 0.6) is 0 Å². The summed E-state index contributed by atoms with van der Waals surface area (Å²) >= 11 is 5.47. The second kappa shape index (κ2) is 5.32. The fourth-order valence-electron chi connectivity index (χ4n) is 1.51. The van der Waals surface area contributed by atoms with Crippen LogP contribution in [0.1, 0.15) is 32.6 Å². The van der Waals surface area contributed by atoms with Gasteiger partial charge < -0.3 is 0 Å². The van der Waals surface area contributed by atoms with Crippen molar-refractivity contribution in [2.45, 2.75) is 38.6 Å². The molecular weight excluding hydrogens is 234 g/mol. The van der Waals surface area contributed by atoms with Crippen LogP contribution in [-0.4, -0.2) is 20.2 Å². The SMILES string of the molecule is C=C(Cl)CS(=O)(=O)N[C@@H](C)CCC1CC1. The largest absolute Gasteiger partial charge is 0.216 e. The molecule has 1 N–H and O–H groups in total. The van der Waals surface area contributed by atoms with Gasteiger partial charge in [-0.25, -0.2) is 13.1 Å². The first-order valence-corrected chi connectivity index (χ1v) is 7.25. The molecule has 0 aromatic heterocycles. The van der Waals surface area contributed by atoms with E-state index in [2.05, 4.69) is 11.3 Å². The van der Waals surface area contributed by atoms with Gasteiger partial charge in [-0.1, -0.05) is 31.0 Å². The van der Waals surface area contributed by atoms with Crippen LogP contribution in [0.4, 0.5) is 0 Å². The Morgan fingerprint density at radius 1 is 1.60 bits per heavy atom. The van der Waals surface area contributed by atoms with Crippen molar-refractivity contribution in [1.29, 1.82) is 0 Å². The zero-order valence-corrected chi connectivity index (χ0v) is 10.6. The summed E-state index contributed by atoms with van der Waals surface area (Å²) in [5.74, 6) is 0.641. The number of hydrogen-bond donors (Lipinski definition) is 1. The van der Waals surface area contributed by atoms with Crippen molar-refractivity contribution in [3.05, 3.63) is 11.6 Å². The molecule has 15 heavy (non-hydrogen) atoms. The second-order valence-corrected chi connectivity index (χ2v) is 6.60. The van der Waals surface area contributed by atoms with Crippen molar-refractivity contribution < 1.29 is 8.42 Å². The fraction of sp³-hybridized carbons (Fsp3) is 0.800. The Kier molecular flexibility index (Phi) is 4.62. The number of nitrogens with one attached hydrogen (secondary N) is 1. The molecule has 0 unspecified atom stereocenters. The zero-order valence-electron chi connectivity index (χ0n) is 9.00. The molecule has 0 spiro atoms. The summed E-state index contributed by atoms with van der Waals surface area (Å²) in [6.07, 6.45) is 4.63. The van der Waals surface area contributed by atoms with Crippen LogP contribution in [0.25, 0.3) is 0 Å². The highest BCUT2D eigenvalue weighted by atomic mass is 35.5. The highest BCUT2D eigenvalue weighted by Crippen LogP contribution is 2.33. The molecular formula is C10H18ClNO2S. The minimum Gasteiger partial charge on any atom is -0.212 e. The molecule has 1 rings (SSSR count). The summed E-state index contributed by atoms with van der Waals surface area (Å²) in [6, 6.07) is -0.00776. The molecule has 1 aliphatic carbocycles. The Bertz CT molecular complexity index is 322. The molecule has 88 valence electrons. The highest BCUT2D eigenvalue weighted by molar-refractivity contribution is 7.89. The Morgan fingerprint density at radius 2 is 2.20 bits per heavy atom. The zero-order chi connectivity index (χ0) is 11.5. The average Bonchev–Trinajstić information content (AvgIpc) is 2.79. The van der Waals surface area contributed by atoms with Gasteiger partial charge in [-0.05, 0) is 25.7 Å². The maximum Gasteiger partial charge on any atom is 0.216 e. The first-order valence-electron chi connectivity index (χ1n) is 5.22. The van der Waals surface area contributed by atoms with Gasteiger partial charge in [0, 0.05) is 11.1 Å². The highest BCUT2D eigenvalue weighted by Gasteiger charge is 2.22. The van der Waals surface area contributed by atoms with Crippen LogP contribution in [0.15, 0.2) is 11.6 Å². The third-order valence-corrected chi connectivity index (χ3v) is 4.21. The Morgan fingerprint density at radius 3 is 2.67 bits per heavy atom. The normalized spacial score (nSPS) is 18.8. The summed E-state index contributed by atoms with van der Waals surface area (Å²) in [4.78, 5) is 0. The molecule has 0 radical (unpaired) electrons. The van der Waals surface area contributed by atoms with E-state index < -0.39 is 10.0 Å². The number of sulfonamides is 1. The summed E-state index contributed by atoms with van der Waals surface area (Å²) in [5, 5.41) is 0.150. The fourth-order valence-corrected chi connectivity index (χ4v) is 3.16. The first-order chi connectivity index (χ1) is 6.89. The summed E-state index contributed by atoms with van der Waals surface area (Å²) < 4.78 is 25.5. The van der Waals surface area contributed by atoms with Gasteiger partial charge in [-0.2, -0.15) is 0 Å². The molecule has 3 nitrogen and oxygen atoms in total. The van der Waals surface area contributed by atoms with Crippen molar-refractivity contribution >= 4 is 21.6 Å². The summed E-state index contributed by atoms with van der Waals surface area (Å²) in [6.45, 7) is 5.26. The topological polar surface area (TPSA) is 46.2 Å². The quantitative estimate of drug-likeness (QED) is 0.754. The van der Waals surface area contributed by atoms with Gasteiger partial charge >= 0.3 is 0 Å². The maximum atomic E-state index is 11.5. The van der Waals surface area contributed by atoms with E-state index in [9.17, 15) is 8.42 Å². The van der Waals surface area contributed by atoms with E-state index in [1.54, 1.807) is 0 Å². The van der Waals surface area contributed by atoms with Gasteiger partial charge in [0.05, 0.1) is 5.75 Å². The maximum absolute atomic E-state index is 11.5. The van der Waals surface area contributed by atoms with Crippen molar-refractivity contribution in [2.75, 3.05) is 5.75 Å². The summed E-state index contributed by atoms with van der Waals surface area (Å²) in [7, 11) is -3.29. The molecule has 5 heteroatoms. The van der Waals surface area contributed by atoms with E-state index in [1.165, 1.54) is 12.8 Å². The van der Waals surface area contributed by atoms with Gasteiger partial charge in [0.2, 0.25) is 10.0 Å². The van der Waals surface area contributed by atoms with Crippen molar-refractivity contribution in [1.82, 2.24) is 4.72 Å². The van der Waals surface area contributed by atoms with Crippen molar-refractivity contribution in [3.63, 3.8) is 0 Å².